The van der Waals surface area contributed by atoms with Crippen LogP contribution in [0.3, 0.4) is 0 Å². The zero-order chi connectivity index (χ0) is 26.8. The molecule has 5 rings (SSSR count). The largest absolute Gasteiger partial charge is 0.297 e. The van der Waals surface area contributed by atoms with Crippen LogP contribution in [-0.4, -0.2) is 31.7 Å². The Kier molecular flexibility index (Phi) is 6.98. The average Bonchev–Trinajstić information content (AvgIpc) is 3.32. The SMILES string of the molecule is Cc1ccc(C=NN2C(=O)C(=Cc3ccc(C)cc3)SC2=Nc2c(C)n(C)n(-c3ccccc3)c2=O)cc1. The topological polar surface area (TPSA) is 72.0 Å². The maximum atomic E-state index is 13.5. The maximum Gasteiger partial charge on any atom is 0.297 e. The molecule has 38 heavy (non-hydrogen) atoms. The molecule has 1 aromatic heterocycles. The highest BCUT2D eigenvalue weighted by Crippen LogP contribution is 2.34. The molecule has 1 aliphatic rings. The predicted octanol–water partition coefficient (Wildman–Crippen LogP) is 5.74. The summed E-state index contributed by atoms with van der Waals surface area (Å²) in [6.07, 6.45) is 3.45. The van der Waals surface area contributed by atoms with Crippen molar-refractivity contribution in [3.05, 3.63) is 122 Å². The highest BCUT2D eigenvalue weighted by Gasteiger charge is 2.34. The Bertz CT molecular complexity index is 1640. The Hall–Kier alpha value is -4.43. The van der Waals surface area contributed by atoms with Crippen LogP contribution in [0.1, 0.15) is 27.9 Å². The minimum absolute atomic E-state index is 0.263. The Morgan fingerprint density at radius 1 is 0.789 bits per heavy atom. The van der Waals surface area contributed by atoms with Gasteiger partial charge in [-0.1, -0.05) is 77.9 Å². The van der Waals surface area contributed by atoms with Gasteiger partial charge in [-0.15, -0.1) is 0 Å². The van der Waals surface area contributed by atoms with Crippen LogP contribution >= 0.6 is 11.8 Å². The number of amides is 1. The van der Waals surface area contributed by atoms with E-state index in [1.165, 1.54) is 16.8 Å². The normalized spacial score (nSPS) is 15.9. The van der Waals surface area contributed by atoms with Crippen molar-refractivity contribution in [2.75, 3.05) is 0 Å². The molecular weight excluding hydrogens is 494 g/mol. The van der Waals surface area contributed by atoms with Crippen molar-refractivity contribution in [1.82, 2.24) is 14.4 Å². The van der Waals surface area contributed by atoms with Crippen LogP contribution in [0.5, 0.6) is 0 Å². The zero-order valence-corrected chi connectivity index (χ0v) is 22.4. The molecule has 1 fully saturated rings. The number of aromatic nitrogens is 2. The molecule has 4 aromatic rings. The Morgan fingerprint density at radius 3 is 2.03 bits per heavy atom. The fraction of sp³-hybridized carbons (Fsp3) is 0.133. The van der Waals surface area contributed by atoms with Gasteiger partial charge in [-0.2, -0.15) is 10.1 Å². The van der Waals surface area contributed by atoms with Crippen molar-refractivity contribution in [3.63, 3.8) is 0 Å². The number of hydrogen-bond acceptors (Lipinski definition) is 5. The number of hydrogen-bond donors (Lipinski definition) is 0. The average molecular weight is 522 g/mol. The van der Waals surface area contributed by atoms with E-state index in [2.05, 4.69) is 5.10 Å². The molecule has 3 aromatic carbocycles. The molecule has 0 bridgehead atoms. The lowest BCUT2D eigenvalue weighted by Gasteiger charge is -2.08. The van der Waals surface area contributed by atoms with Gasteiger partial charge in [0, 0.05) is 7.05 Å². The number of thioether (sulfide) groups is 1. The quantitative estimate of drug-likeness (QED) is 0.248. The van der Waals surface area contributed by atoms with Gasteiger partial charge in [-0.3, -0.25) is 14.3 Å². The second-order valence-corrected chi connectivity index (χ2v) is 10.1. The van der Waals surface area contributed by atoms with Gasteiger partial charge in [-0.25, -0.2) is 9.67 Å². The van der Waals surface area contributed by atoms with E-state index in [0.717, 1.165) is 27.9 Å². The Labute approximate surface area is 225 Å². The van der Waals surface area contributed by atoms with Crippen LogP contribution in [-0.2, 0) is 11.8 Å². The van der Waals surface area contributed by atoms with E-state index in [1.807, 2.05) is 113 Å². The Balaban J connectivity index is 1.59. The van der Waals surface area contributed by atoms with E-state index >= 15 is 0 Å². The molecule has 8 heteroatoms. The minimum Gasteiger partial charge on any atom is -0.283 e. The number of para-hydroxylation sites is 1. The summed E-state index contributed by atoms with van der Waals surface area (Å²) in [4.78, 5) is 32.1. The van der Waals surface area contributed by atoms with Gasteiger partial charge >= 0.3 is 0 Å². The van der Waals surface area contributed by atoms with E-state index in [-0.39, 0.29) is 17.2 Å². The van der Waals surface area contributed by atoms with Gasteiger partial charge in [-0.05, 0) is 61.9 Å². The van der Waals surface area contributed by atoms with E-state index in [9.17, 15) is 9.59 Å². The maximum absolute atomic E-state index is 13.5. The summed E-state index contributed by atoms with van der Waals surface area (Å²) in [5.74, 6) is -0.297. The summed E-state index contributed by atoms with van der Waals surface area (Å²) in [5.41, 5.74) is 5.43. The second-order valence-electron chi connectivity index (χ2n) is 9.10. The van der Waals surface area contributed by atoms with Crippen molar-refractivity contribution in [3.8, 4) is 5.69 Å². The van der Waals surface area contributed by atoms with E-state index in [4.69, 9.17) is 4.99 Å². The number of aryl methyl sites for hydroxylation is 2. The first-order valence-electron chi connectivity index (χ1n) is 12.2. The minimum atomic E-state index is -0.297. The number of hydrazone groups is 1. The number of benzene rings is 3. The summed E-state index contributed by atoms with van der Waals surface area (Å²) in [6, 6.07) is 25.2. The highest BCUT2D eigenvalue weighted by molar-refractivity contribution is 8.18. The van der Waals surface area contributed by atoms with Gasteiger partial charge in [0.05, 0.1) is 22.5 Å². The molecule has 1 saturated heterocycles. The standard InChI is InChI=1S/C30H27N5O2S/c1-20-10-14-23(15-11-20)18-26-28(36)34(31-19-24-16-12-21(2)13-17-24)30(38-26)32-27-22(3)33(4)35(29(27)37)25-8-6-5-7-9-25/h5-19H,1-4H3. The third-order valence-electron chi connectivity index (χ3n) is 6.29. The smallest absolute Gasteiger partial charge is 0.283 e. The van der Waals surface area contributed by atoms with Gasteiger partial charge < -0.3 is 0 Å². The molecule has 7 nitrogen and oxygen atoms in total. The fourth-order valence-electron chi connectivity index (χ4n) is 4.01. The molecule has 2 heterocycles. The molecule has 0 aliphatic carbocycles. The van der Waals surface area contributed by atoms with Crippen LogP contribution in [0, 0.1) is 20.8 Å². The summed E-state index contributed by atoms with van der Waals surface area (Å²) < 4.78 is 3.33. The van der Waals surface area contributed by atoms with Crippen LogP contribution in [0.2, 0.25) is 0 Å². The first-order valence-corrected chi connectivity index (χ1v) is 13.0. The summed E-state index contributed by atoms with van der Waals surface area (Å²) in [5, 5.41) is 6.07. The van der Waals surface area contributed by atoms with Crippen molar-refractivity contribution >= 4 is 40.8 Å². The van der Waals surface area contributed by atoms with Crippen molar-refractivity contribution < 1.29 is 4.79 Å². The first-order chi connectivity index (χ1) is 18.3. The van der Waals surface area contributed by atoms with Crippen molar-refractivity contribution in [2.24, 2.45) is 17.1 Å². The number of amidine groups is 1. The van der Waals surface area contributed by atoms with Crippen LogP contribution in [0.15, 0.2) is 98.7 Å². The molecule has 0 spiro atoms. The van der Waals surface area contributed by atoms with Gasteiger partial charge in [0.2, 0.25) is 0 Å². The number of carbonyl (C=O) groups excluding carboxylic acids is 1. The van der Waals surface area contributed by atoms with Gasteiger partial charge in [0.15, 0.2) is 10.9 Å². The third-order valence-corrected chi connectivity index (χ3v) is 7.25. The predicted molar refractivity (Wildman–Crippen MR) is 155 cm³/mol. The van der Waals surface area contributed by atoms with Crippen LogP contribution < -0.4 is 5.56 Å². The molecule has 190 valence electrons. The van der Waals surface area contributed by atoms with Crippen molar-refractivity contribution in [1.29, 1.82) is 0 Å². The lowest BCUT2D eigenvalue weighted by atomic mass is 10.1. The summed E-state index contributed by atoms with van der Waals surface area (Å²) >= 11 is 1.20. The number of aliphatic imine (C=N–C) groups is 1. The molecule has 0 N–H and O–H groups in total. The van der Waals surface area contributed by atoms with E-state index in [0.29, 0.717) is 15.8 Å². The first kappa shape index (κ1) is 25.2. The molecule has 0 saturated carbocycles. The summed E-state index contributed by atoms with van der Waals surface area (Å²) in [6.45, 7) is 5.87. The molecule has 0 atom stereocenters. The summed E-state index contributed by atoms with van der Waals surface area (Å²) in [7, 11) is 1.82. The lowest BCUT2D eigenvalue weighted by molar-refractivity contribution is -0.122. The third kappa shape index (κ3) is 5.03. The molecule has 1 aliphatic heterocycles. The van der Waals surface area contributed by atoms with Crippen LogP contribution in [0.4, 0.5) is 5.69 Å². The lowest BCUT2D eigenvalue weighted by Crippen LogP contribution is -2.24. The van der Waals surface area contributed by atoms with E-state index in [1.54, 1.807) is 15.6 Å². The van der Waals surface area contributed by atoms with E-state index < -0.39 is 0 Å². The second kappa shape index (κ2) is 10.5. The molecule has 0 unspecified atom stereocenters. The van der Waals surface area contributed by atoms with Crippen LogP contribution in [0.25, 0.3) is 11.8 Å². The zero-order valence-electron chi connectivity index (χ0n) is 21.6. The van der Waals surface area contributed by atoms with Gasteiger partial charge in [0.25, 0.3) is 11.5 Å². The molecule has 0 radical (unpaired) electrons. The number of carbonyl (C=O) groups is 1. The fourth-order valence-corrected chi connectivity index (χ4v) is 4.93. The molecule has 1 amide bonds. The van der Waals surface area contributed by atoms with Crippen molar-refractivity contribution in [2.45, 2.75) is 20.8 Å². The van der Waals surface area contributed by atoms with Gasteiger partial charge in [0.1, 0.15) is 0 Å². The highest BCUT2D eigenvalue weighted by atomic mass is 32.2. The number of nitrogens with zero attached hydrogens (tertiary/aromatic N) is 5. The Morgan fingerprint density at radius 2 is 1.39 bits per heavy atom. The monoisotopic (exact) mass is 521 g/mol. The molecular formula is C30H27N5O2S. The number of rotatable bonds is 5.